The number of aliphatic hydroxyl groups is 1. The Morgan fingerprint density at radius 3 is 2.55 bits per heavy atom. The molecule has 1 fully saturated rings. The van der Waals surface area contributed by atoms with Gasteiger partial charge in [0.1, 0.15) is 6.23 Å². The number of benzene rings is 1. The number of fused-ring (bicyclic) bond motifs is 2. The van der Waals surface area contributed by atoms with Crippen molar-refractivity contribution >= 4 is 11.6 Å². The first kappa shape index (κ1) is 14.7. The maximum Gasteiger partial charge on any atom is 0.256 e. The summed E-state index contributed by atoms with van der Waals surface area (Å²) in [5.41, 5.74) is 2.08. The van der Waals surface area contributed by atoms with Gasteiger partial charge in [0.2, 0.25) is 0 Å². The summed E-state index contributed by atoms with van der Waals surface area (Å²) in [5.74, 6) is 0.900. The molecule has 2 aliphatic rings. The van der Waals surface area contributed by atoms with E-state index >= 15 is 0 Å². The molecule has 0 saturated carbocycles. The number of likely N-dealkylation sites (N-methyl/N-ethyl adjacent to an activating group) is 1. The standard InChI is InChI=1S/C16H20N2O4/c1-9-5-12-16(20)17(2)11-7-14(22-4)13(21-3)6-10(11)15(19)18(12)8-9/h6-7,12,16,20H,1,5,8H2,2-4H3. The molecule has 2 unspecified atom stereocenters. The molecule has 22 heavy (non-hydrogen) atoms. The molecular formula is C16H20N2O4. The van der Waals surface area contributed by atoms with Crippen molar-refractivity contribution < 1.29 is 19.4 Å². The second-order valence-corrected chi connectivity index (χ2v) is 5.70. The summed E-state index contributed by atoms with van der Waals surface area (Å²) in [7, 11) is 4.85. The Hall–Kier alpha value is -2.21. The highest BCUT2D eigenvalue weighted by molar-refractivity contribution is 6.02. The fourth-order valence-corrected chi connectivity index (χ4v) is 3.20. The zero-order valence-electron chi connectivity index (χ0n) is 13.0. The van der Waals surface area contributed by atoms with Gasteiger partial charge in [-0.1, -0.05) is 12.2 Å². The minimum atomic E-state index is -0.789. The van der Waals surface area contributed by atoms with E-state index in [9.17, 15) is 9.90 Å². The minimum absolute atomic E-state index is 0.122. The Balaban J connectivity index is 2.17. The highest BCUT2D eigenvalue weighted by Crippen LogP contribution is 2.40. The molecule has 2 heterocycles. The molecule has 1 saturated heterocycles. The Kier molecular flexibility index (Phi) is 3.48. The second kappa shape index (κ2) is 5.21. The third-order valence-corrected chi connectivity index (χ3v) is 4.41. The van der Waals surface area contributed by atoms with E-state index in [1.165, 1.54) is 7.11 Å². The molecular weight excluding hydrogens is 284 g/mol. The Morgan fingerprint density at radius 1 is 1.27 bits per heavy atom. The second-order valence-electron chi connectivity index (χ2n) is 5.70. The normalized spacial score (nSPS) is 24.0. The number of nitrogens with zero attached hydrogens (tertiary/aromatic N) is 2. The van der Waals surface area contributed by atoms with Crippen molar-refractivity contribution in [3.05, 3.63) is 29.8 Å². The van der Waals surface area contributed by atoms with Crippen LogP contribution in [0.15, 0.2) is 24.3 Å². The van der Waals surface area contributed by atoms with E-state index in [0.29, 0.717) is 35.7 Å². The average Bonchev–Trinajstić information content (AvgIpc) is 2.90. The summed E-state index contributed by atoms with van der Waals surface area (Å²) >= 11 is 0. The summed E-state index contributed by atoms with van der Waals surface area (Å²) in [6.07, 6.45) is -0.179. The van der Waals surface area contributed by atoms with Gasteiger partial charge in [0, 0.05) is 19.7 Å². The zero-order valence-corrected chi connectivity index (χ0v) is 13.0. The lowest BCUT2D eigenvalue weighted by atomic mass is 10.1. The van der Waals surface area contributed by atoms with Gasteiger partial charge in [0.05, 0.1) is 31.5 Å². The molecule has 0 aromatic heterocycles. The van der Waals surface area contributed by atoms with E-state index in [0.717, 1.165) is 5.57 Å². The van der Waals surface area contributed by atoms with E-state index in [2.05, 4.69) is 6.58 Å². The average molecular weight is 304 g/mol. The Morgan fingerprint density at radius 2 is 1.91 bits per heavy atom. The van der Waals surface area contributed by atoms with Gasteiger partial charge in [-0.25, -0.2) is 0 Å². The molecule has 1 aromatic rings. The molecule has 3 rings (SSSR count). The van der Waals surface area contributed by atoms with Gasteiger partial charge < -0.3 is 24.4 Å². The highest BCUT2D eigenvalue weighted by atomic mass is 16.5. The molecule has 2 atom stereocenters. The number of carbonyl (C=O) groups is 1. The van der Waals surface area contributed by atoms with Crippen molar-refractivity contribution in [1.82, 2.24) is 4.90 Å². The predicted octanol–water partition coefficient (Wildman–Crippen LogP) is 1.24. The van der Waals surface area contributed by atoms with Crippen molar-refractivity contribution in [3.63, 3.8) is 0 Å². The van der Waals surface area contributed by atoms with Gasteiger partial charge in [0.25, 0.3) is 5.91 Å². The maximum atomic E-state index is 12.9. The van der Waals surface area contributed by atoms with Crippen molar-refractivity contribution in [2.45, 2.75) is 18.7 Å². The van der Waals surface area contributed by atoms with Crippen molar-refractivity contribution in [3.8, 4) is 11.5 Å². The molecule has 1 amide bonds. The lowest BCUT2D eigenvalue weighted by Gasteiger charge is -2.30. The number of carbonyl (C=O) groups excluding carboxylic acids is 1. The fourth-order valence-electron chi connectivity index (χ4n) is 3.20. The number of rotatable bonds is 2. The van der Waals surface area contributed by atoms with Crippen LogP contribution in [0.25, 0.3) is 0 Å². The molecule has 0 bridgehead atoms. The van der Waals surface area contributed by atoms with Gasteiger partial charge in [-0.3, -0.25) is 4.79 Å². The maximum absolute atomic E-state index is 12.9. The van der Waals surface area contributed by atoms with Crippen LogP contribution in [0.4, 0.5) is 5.69 Å². The third kappa shape index (κ3) is 2.02. The number of hydrogen-bond donors (Lipinski definition) is 1. The molecule has 0 spiro atoms. The smallest absolute Gasteiger partial charge is 0.256 e. The van der Waals surface area contributed by atoms with Crippen molar-refractivity contribution in [1.29, 1.82) is 0 Å². The lowest BCUT2D eigenvalue weighted by Crippen LogP contribution is -2.47. The summed E-state index contributed by atoms with van der Waals surface area (Å²) in [5, 5.41) is 10.6. The van der Waals surface area contributed by atoms with Crippen molar-refractivity contribution in [2.24, 2.45) is 0 Å². The minimum Gasteiger partial charge on any atom is -0.493 e. The lowest BCUT2D eigenvalue weighted by molar-refractivity contribution is 0.0527. The van der Waals surface area contributed by atoms with E-state index in [4.69, 9.17) is 9.47 Å². The summed E-state index contributed by atoms with van der Waals surface area (Å²) < 4.78 is 10.6. The van der Waals surface area contributed by atoms with Crippen LogP contribution in [0.2, 0.25) is 0 Å². The topological polar surface area (TPSA) is 62.2 Å². The van der Waals surface area contributed by atoms with Crippen LogP contribution in [-0.4, -0.2) is 56.0 Å². The molecule has 0 radical (unpaired) electrons. The van der Waals surface area contributed by atoms with Crippen LogP contribution in [0, 0.1) is 0 Å². The number of aliphatic hydroxyl groups excluding tert-OH is 1. The number of amides is 1. The fraction of sp³-hybridized carbons (Fsp3) is 0.438. The van der Waals surface area contributed by atoms with E-state index in [1.54, 1.807) is 36.1 Å². The van der Waals surface area contributed by atoms with Crippen LogP contribution in [0.1, 0.15) is 16.8 Å². The van der Waals surface area contributed by atoms with Gasteiger partial charge >= 0.3 is 0 Å². The molecule has 2 aliphatic heterocycles. The van der Waals surface area contributed by atoms with Crippen LogP contribution >= 0.6 is 0 Å². The highest BCUT2D eigenvalue weighted by Gasteiger charge is 2.42. The number of ether oxygens (including phenoxy) is 2. The van der Waals surface area contributed by atoms with Gasteiger partial charge in [-0.15, -0.1) is 0 Å². The van der Waals surface area contributed by atoms with Crippen LogP contribution in [-0.2, 0) is 0 Å². The number of methoxy groups -OCH3 is 2. The first-order valence-electron chi connectivity index (χ1n) is 7.12. The Labute approximate surface area is 129 Å². The van der Waals surface area contributed by atoms with Gasteiger partial charge in [-0.05, 0) is 12.5 Å². The molecule has 6 heteroatoms. The van der Waals surface area contributed by atoms with E-state index < -0.39 is 6.23 Å². The summed E-state index contributed by atoms with van der Waals surface area (Å²) in [6.45, 7) is 4.43. The molecule has 118 valence electrons. The molecule has 1 N–H and O–H groups in total. The summed E-state index contributed by atoms with van der Waals surface area (Å²) in [4.78, 5) is 16.3. The van der Waals surface area contributed by atoms with Gasteiger partial charge in [-0.2, -0.15) is 0 Å². The van der Waals surface area contributed by atoms with Gasteiger partial charge in [0.15, 0.2) is 11.5 Å². The van der Waals surface area contributed by atoms with E-state index in [1.807, 2.05) is 0 Å². The molecule has 6 nitrogen and oxygen atoms in total. The predicted molar refractivity (Wildman–Crippen MR) is 82.5 cm³/mol. The first-order valence-corrected chi connectivity index (χ1v) is 7.12. The van der Waals surface area contributed by atoms with Crippen molar-refractivity contribution in [2.75, 3.05) is 32.7 Å². The quantitative estimate of drug-likeness (QED) is 0.833. The van der Waals surface area contributed by atoms with E-state index in [-0.39, 0.29) is 11.9 Å². The molecule has 1 aromatic carbocycles. The first-order chi connectivity index (χ1) is 10.5. The Bertz CT molecular complexity index is 643. The largest absolute Gasteiger partial charge is 0.493 e. The number of anilines is 1. The third-order valence-electron chi connectivity index (χ3n) is 4.41. The monoisotopic (exact) mass is 304 g/mol. The van der Waals surface area contributed by atoms with Crippen LogP contribution < -0.4 is 14.4 Å². The number of hydrogen-bond acceptors (Lipinski definition) is 5. The summed E-state index contributed by atoms with van der Waals surface area (Å²) in [6, 6.07) is 3.12. The van der Waals surface area contributed by atoms with Crippen LogP contribution in [0.3, 0.4) is 0 Å². The zero-order chi connectivity index (χ0) is 16.0. The SMILES string of the molecule is C=C1CC2C(O)N(C)c3cc(OC)c(OC)cc3C(=O)N2C1. The molecule has 0 aliphatic carbocycles. The van der Waals surface area contributed by atoms with Crippen LogP contribution in [0.5, 0.6) is 11.5 Å².